The maximum absolute atomic E-state index is 12.8. The lowest BCUT2D eigenvalue weighted by Crippen LogP contribution is -2.64. The molecule has 2 fully saturated rings. The number of ether oxygens (including phenoxy) is 4. The summed E-state index contributed by atoms with van der Waals surface area (Å²) in [5, 5.41) is 81.4. The molecule has 0 amide bonds. The molecule has 2 aliphatic rings. The van der Waals surface area contributed by atoms with Crippen molar-refractivity contribution in [3.63, 3.8) is 0 Å². The molecule has 2 aromatic carbocycles. The third-order valence-corrected chi connectivity index (χ3v) is 7.11. The van der Waals surface area contributed by atoms with Gasteiger partial charge in [0.1, 0.15) is 70.6 Å². The van der Waals surface area contributed by atoms with E-state index in [9.17, 15) is 45.6 Å². The Kier molecular flexibility index (Phi) is 8.20. The van der Waals surface area contributed by atoms with E-state index in [2.05, 4.69) is 0 Å². The van der Waals surface area contributed by atoms with Crippen molar-refractivity contribution < 1.29 is 64.2 Å². The molecule has 0 spiro atoms. The zero-order valence-electron chi connectivity index (χ0n) is 21.5. The predicted molar refractivity (Wildman–Crippen MR) is 137 cm³/mol. The van der Waals surface area contributed by atoms with Gasteiger partial charge in [-0.2, -0.15) is 0 Å². The number of phenolic OH excluding ortho intramolecular Hbond substituents is 2. The minimum absolute atomic E-state index is 0.00857. The number of fused-ring (bicyclic) bond motifs is 1. The second-order valence-corrected chi connectivity index (χ2v) is 9.94. The highest BCUT2D eigenvalue weighted by atomic mass is 16.8. The lowest BCUT2D eigenvalue weighted by molar-refractivity contribution is -0.354. The van der Waals surface area contributed by atoms with Crippen molar-refractivity contribution >= 4 is 11.0 Å². The van der Waals surface area contributed by atoms with Gasteiger partial charge in [-0.1, -0.05) is 0 Å². The molecule has 0 unspecified atom stereocenters. The number of phenols is 2. The van der Waals surface area contributed by atoms with Crippen LogP contribution >= 0.6 is 0 Å². The molecule has 3 aromatic rings. The average Bonchev–Trinajstić information content (AvgIpc) is 2.94. The van der Waals surface area contributed by atoms with Crippen LogP contribution in [-0.2, 0) is 14.2 Å². The highest BCUT2D eigenvalue weighted by Gasteiger charge is 2.50. The Balaban J connectivity index is 1.47. The molecule has 3 heterocycles. The van der Waals surface area contributed by atoms with Crippen molar-refractivity contribution in [2.75, 3.05) is 6.61 Å². The van der Waals surface area contributed by atoms with Crippen molar-refractivity contribution in [3.8, 4) is 28.6 Å². The van der Waals surface area contributed by atoms with Crippen LogP contribution in [0.3, 0.4) is 0 Å². The second-order valence-electron chi connectivity index (χ2n) is 9.94. The maximum atomic E-state index is 12.8. The van der Waals surface area contributed by atoms with Crippen LogP contribution < -0.4 is 10.2 Å². The van der Waals surface area contributed by atoms with E-state index in [4.69, 9.17) is 23.4 Å². The SMILES string of the molecule is C[C@@H]1O[C@@H](O[C@H]2[C@H](Oc3cc(O)c4c(=O)cc(-c5ccc(O)cc5)oc4c3)O[C@@H](CO)[C@@H](O)[C@@H]2O)[C@H](O)[C@@H](O)[C@H]1O. The molecule has 8 N–H and O–H groups in total. The quantitative estimate of drug-likeness (QED) is 0.174. The standard InChI is InChI=1S/C27H30O14/c1-10-20(32)22(34)24(36)26(37-10)41-25-23(35)21(33)18(9-28)40-27(25)38-13-6-14(30)19-15(31)8-16(39-17(19)7-13)11-2-4-12(29)5-3-11/h2-8,10,18,20-30,32-36H,9H2,1H3/t10-,18-,20-,21+,22-,23-,24+,25+,26-,27+/m0/s1. The molecule has 1 aromatic heterocycles. The monoisotopic (exact) mass is 578 g/mol. The molecule has 2 aliphatic heterocycles. The zero-order chi connectivity index (χ0) is 29.6. The topological polar surface area (TPSA) is 229 Å². The molecule has 14 heteroatoms. The summed E-state index contributed by atoms with van der Waals surface area (Å²) in [6, 6.07) is 9.38. The third-order valence-electron chi connectivity index (χ3n) is 7.11. The first kappa shape index (κ1) is 29.2. The van der Waals surface area contributed by atoms with Crippen LogP contribution in [0, 0.1) is 0 Å². The molecule has 2 saturated heterocycles. The number of rotatable bonds is 6. The fraction of sp³-hybridized carbons (Fsp3) is 0.444. The Morgan fingerprint density at radius 2 is 1.54 bits per heavy atom. The summed E-state index contributed by atoms with van der Waals surface area (Å²) in [6.45, 7) is 0.704. The van der Waals surface area contributed by atoms with Crippen molar-refractivity contribution in [3.05, 3.63) is 52.7 Å². The van der Waals surface area contributed by atoms with Crippen LogP contribution in [0.4, 0.5) is 0 Å². The van der Waals surface area contributed by atoms with Gasteiger partial charge in [0, 0.05) is 23.8 Å². The van der Waals surface area contributed by atoms with Crippen molar-refractivity contribution in [1.82, 2.24) is 0 Å². The maximum Gasteiger partial charge on any atom is 0.229 e. The van der Waals surface area contributed by atoms with Gasteiger partial charge in [0.05, 0.1) is 12.7 Å². The van der Waals surface area contributed by atoms with Gasteiger partial charge in [-0.3, -0.25) is 4.79 Å². The smallest absolute Gasteiger partial charge is 0.229 e. The Morgan fingerprint density at radius 3 is 2.22 bits per heavy atom. The zero-order valence-corrected chi connectivity index (χ0v) is 21.5. The molecule has 0 bridgehead atoms. The first-order valence-corrected chi connectivity index (χ1v) is 12.7. The summed E-state index contributed by atoms with van der Waals surface area (Å²) >= 11 is 0. The largest absolute Gasteiger partial charge is 0.508 e. The third kappa shape index (κ3) is 5.61. The Labute approximate surface area is 231 Å². The van der Waals surface area contributed by atoms with Crippen LogP contribution in [0.2, 0.25) is 0 Å². The van der Waals surface area contributed by atoms with E-state index in [0.29, 0.717) is 5.56 Å². The van der Waals surface area contributed by atoms with Crippen molar-refractivity contribution in [1.29, 1.82) is 0 Å². The van der Waals surface area contributed by atoms with Crippen molar-refractivity contribution in [2.24, 2.45) is 0 Å². The predicted octanol–water partition coefficient (Wildman–Crippen LogP) is -1.10. The van der Waals surface area contributed by atoms with E-state index >= 15 is 0 Å². The molecule has 0 radical (unpaired) electrons. The summed E-state index contributed by atoms with van der Waals surface area (Å²) in [5.74, 6) is -0.498. The lowest BCUT2D eigenvalue weighted by Gasteiger charge is -2.45. The normalized spacial score (nSPS) is 34.0. The number of hydrogen-bond acceptors (Lipinski definition) is 14. The second kappa shape index (κ2) is 11.5. The van der Waals surface area contributed by atoms with Crippen molar-refractivity contribution in [2.45, 2.75) is 68.3 Å². The molecular weight excluding hydrogens is 548 g/mol. The summed E-state index contributed by atoms with van der Waals surface area (Å²) in [7, 11) is 0. The number of aromatic hydroxyl groups is 2. The first-order valence-electron chi connectivity index (χ1n) is 12.7. The summed E-state index contributed by atoms with van der Waals surface area (Å²) in [4.78, 5) is 12.8. The van der Waals surface area contributed by atoms with Crippen LogP contribution in [0.15, 0.2) is 51.7 Å². The Bertz CT molecular complexity index is 1420. The van der Waals surface area contributed by atoms with Gasteiger partial charge in [0.25, 0.3) is 0 Å². The minimum atomic E-state index is -1.76. The van der Waals surface area contributed by atoms with E-state index < -0.39 is 79.2 Å². The Hall–Kier alpha value is -3.31. The van der Waals surface area contributed by atoms with Gasteiger partial charge < -0.3 is 64.2 Å². The molecule has 10 atom stereocenters. The van der Waals surface area contributed by atoms with E-state index in [1.54, 1.807) is 0 Å². The summed E-state index contributed by atoms with van der Waals surface area (Å²) < 4.78 is 28.4. The molecule has 222 valence electrons. The molecule has 41 heavy (non-hydrogen) atoms. The average molecular weight is 579 g/mol. The van der Waals surface area contributed by atoms with Crippen LogP contribution in [0.5, 0.6) is 17.2 Å². The molecule has 0 aliphatic carbocycles. The first-order chi connectivity index (χ1) is 19.5. The van der Waals surface area contributed by atoms with Crippen LogP contribution in [0.25, 0.3) is 22.3 Å². The molecule has 0 saturated carbocycles. The number of benzene rings is 2. The summed E-state index contributed by atoms with van der Waals surface area (Å²) in [5.41, 5.74) is -0.182. The number of aliphatic hydroxyl groups is 6. The Morgan fingerprint density at radius 1 is 0.829 bits per heavy atom. The van der Waals surface area contributed by atoms with Crippen LogP contribution in [-0.4, -0.2) is 109 Å². The van der Waals surface area contributed by atoms with Gasteiger partial charge >= 0.3 is 0 Å². The van der Waals surface area contributed by atoms with Gasteiger partial charge in [-0.05, 0) is 31.2 Å². The van der Waals surface area contributed by atoms with Gasteiger partial charge in [0.2, 0.25) is 6.29 Å². The van der Waals surface area contributed by atoms with Crippen LogP contribution in [0.1, 0.15) is 6.92 Å². The van der Waals surface area contributed by atoms with E-state index in [1.165, 1.54) is 43.3 Å². The lowest BCUT2D eigenvalue weighted by atomic mass is 9.97. The minimum Gasteiger partial charge on any atom is -0.508 e. The molecule has 5 rings (SSSR count). The molecule has 14 nitrogen and oxygen atoms in total. The fourth-order valence-electron chi connectivity index (χ4n) is 4.79. The van der Waals surface area contributed by atoms with E-state index in [-0.39, 0.29) is 28.2 Å². The summed E-state index contributed by atoms with van der Waals surface area (Å²) in [6.07, 6.45) is -15.3. The van der Waals surface area contributed by atoms with E-state index in [0.717, 1.165) is 6.07 Å². The van der Waals surface area contributed by atoms with Gasteiger partial charge in [-0.15, -0.1) is 0 Å². The highest BCUT2D eigenvalue weighted by Crippen LogP contribution is 2.35. The van der Waals surface area contributed by atoms with E-state index in [1.807, 2.05) is 0 Å². The molecular formula is C27H30O14. The highest BCUT2D eigenvalue weighted by molar-refractivity contribution is 5.86. The number of hydrogen-bond donors (Lipinski definition) is 8. The number of aliphatic hydroxyl groups excluding tert-OH is 6. The fourth-order valence-corrected chi connectivity index (χ4v) is 4.79. The van der Waals surface area contributed by atoms with Gasteiger partial charge in [-0.25, -0.2) is 0 Å². The van der Waals surface area contributed by atoms with Gasteiger partial charge in [0.15, 0.2) is 17.8 Å².